The molecule has 6 heteroatoms. The van der Waals surface area contributed by atoms with Gasteiger partial charge in [-0.2, -0.15) is 18.3 Å². The summed E-state index contributed by atoms with van der Waals surface area (Å²) in [5.74, 6) is 0.252. The molecule has 20 heavy (non-hydrogen) atoms. The van der Waals surface area contributed by atoms with Crippen molar-refractivity contribution in [3.8, 4) is 0 Å². The number of nitrogens with zero attached hydrogens (tertiary/aromatic N) is 2. The van der Waals surface area contributed by atoms with Crippen molar-refractivity contribution < 1.29 is 13.2 Å². The van der Waals surface area contributed by atoms with Crippen LogP contribution in [0.5, 0.6) is 0 Å². The molecule has 1 heterocycles. The zero-order valence-corrected chi connectivity index (χ0v) is 10.6. The first-order chi connectivity index (χ1) is 9.45. The van der Waals surface area contributed by atoms with Crippen LogP contribution in [0.15, 0.2) is 47.7 Å². The van der Waals surface area contributed by atoms with Gasteiger partial charge in [0.25, 0.3) is 0 Å². The summed E-state index contributed by atoms with van der Waals surface area (Å²) >= 11 is 0. The predicted molar refractivity (Wildman–Crippen MR) is 71.6 cm³/mol. The highest BCUT2D eigenvalue weighted by Gasteiger charge is 2.30. The maximum atomic E-state index is 12.3. The fourth-order valence-corrected chi connectivity index (χ4v) is 1.55. The fourth-order valence-electron chi connectivity index (χ4n) is 1.55. The number of aromatic nitrogens is 1. The maximum absolute atomic E-state index is 12.3. The highest BCUT2D eigenvalue weighted by atomic mass is 19.4. The zero-order valence-electron chi connectivity index (χ0n) is 10.6. The van der Waals surface area contributed by atoms with E-state index in [0.717, 1.165) is 23.4 Å². The molecule has 2 aromatic rings. The molecule has 0 fully saturated rings. The summed E-state index contributed by atoms with van der Waals surface area (Å²) in [7, 11) is 0. The molecule has 0 unspecified atom stereocenters. The van der Waals surface area contributed by atoms with E-state index in [1.165, 1.54) is 6.07 Å². The van der Waals surface area contributed by atoms with E-state index in [2.05, 4.69) is 15.5 Å². The number of aryl methyl sites for hydroxylation is 1. The van der Waals surface area contributed by atoms with Gasteiger partial charge in [-0.25, -0.2) is 4.98 Å². The van der Waals surface area contributed by atoms with Crippen molar-refractivity contribution in [3.63, 3.8) is 0 Å². The Morgan fingerprint density at radius 3 is 2.60 bits per heavy atom. The van der Waals surface area contributed by atoms with Crippen LogP contribution < -0.4 is 5.43 Å². The first-order valence-corrected chi connectivity index (χ1v) is 5.84. The number of benzene rings is 1. The molecule has 0 atom stereocenters. The number of hydrazone groups is 1. The van der Waals surface area contributed by atoms with Crippen LogP contribution in [0, 0.1) is 6.92 Å². The van der Waals surface area contributed by atoms with Gasteiger partial charge in [-0.3, -0.25) is 5.43 Å². The SMILES string of the molecule is Cc1cccc(/C=N\Nc2ccc(C(F)(F)F)cn2)c1. The lowest BCUT2D eigenvalue weighted by molar-refractivity contribution is -0.137. The number of alkyl halides is 3. The molecule has 1 N–H and O–H groups in total. The number of hydrogen-bond acceptors (Lipinski definition) is 3. The van der Waals surface area contributed by atoms with Gasteiger partial charge in [0.15, 0.2) is 0 Å². The normalized spacial score (nSPS) is 11.8. The average Bonchev–Trinajstić information content (AvgIpc) is 2.38. The van der Waals surface area contributed by atoms with Gasteiger partial charge < -0.3 is 0 Å². The molecule has 0 saturated carbocycles. The molecule has 3 nitrogen and oxygen atoms in total. The lowest BCUT2D eigenvalue weighted by Gasteiger charge is -2.06. The molecule has 0 saturated heterocycles. The first kappa shape index (κ1) is 14.0. The number of rotatable bonds is 3. The predicted octanol–water partition coefficient (Wildman–Crippen LogP) is 3.85. The Hall–Kier alpha value is -2.37. The number of hydrogen-bond donors (Lipinski definition) is 1. The summed E-state index contributed by atoms with van der Waals surface area (Å²) in [6.07, 6.45) is -2.03. The molecule has 0 aliphatic rings. The van der Waals surface area contributed by atoms with Crippen LogP contribution in [-0.2, 0) is 6.18 Å². The molecule has 2 rings (SSSR count). The second-order valence-corrected chi connectivity index (χ2v) is 4.21. The van der Waals surface area contributed by atoms with E-state index in [1.54, 1.807) is 6.21 Å². The second-order valence-electron chi connectivity index (χ2n) is 4.21. The standard InChI is InChI=1S/C14H12F3N3/c1-10-3-2-4-11(7-10)8-19-20-13-6-5-12(9-18-13)14(15,16)17/h2-9H,1H3,(H,18,20)/b19-8-. The van der Waals surface area contributed by atoms with Crippen molar-refractivity contribution in [3.05, 3.63) is 59.3 Å². The minimum absolute atomic E-state index is 0.252. The lowest BCUT2D eigenvalue weighted by Crippen LogP contribution is -2.05. The van der Waals surface area contributed by atoms with Gasteiger partial charge in [0.05, 0.1) is 11.8 Å². The van der Waals surface area contributed by atoms with E-state index in [0.29, 0.717) is 0 Å². The van der Waals surface area contributed by atoms with E-state index in [4.69, 9.17) is 0 Å². The van der Waals surface area contributed by atoms with E-state index in [-0.39, 0.29) is 5.82 Å². The van der Waals surface area contributed by atoms with Crippen molar-refractivity contribution in [1.29, 1.82) is 0 Å². The number of halogens is 3. The molecule has 1 aromatic carbocycles. The minimum atomic E-state index is -4.38. The van der Waals surface area contributed by atoms with Gasteiger partial charge in [-0.05, 0) is 24.6 Å². The fraction of sp³-hybridized carbons (Fsp3) is 0.143. The number of nitrogens with one attached hydrogen (secondary N) is 1. The Kier molecular flexibility index (Phi) is 4.02. The Labute approximate surface area is 114 Å². The summed E-state index contributed by atoms with van der Waals surface area (Å²) in [6.45, 7) is 1.96. The van der Waals surface area contributed by atoms with Crippen LogP contribution in [0.2, 0.25) is 0 Å². The molecule has 0 spiro atoms. The van der Waals surface area contributed by atoms with Crippen molar-refractivity contribution in [2.75, 3.05) is 5.43 Å². The van der Waals surface area contributed by atoms with Crippen LogP contribution in [0.25, 0.3) is 0 Å². The van der Waals surface area contributed by atoms with Gasteiger partial charge in [-0.15, -0.1) is 0 Å². The number of anilines is 1. The second kappa shape index (κ2) is 5.73. The van der Waals surface area contributed by atoms with Crippen LogP contribution in [0.3, 0.4) is 0 Å². The van der Waals surface area contributed by atoms with Crippen LogP contribution >= 0.6 is 0 Å². The maximum Gasteiger partial charge on any atom is 0.417 e. The van der Waals surface area contributed by atoms with Gasteiger partial charge >= 0.3 is 6.18 Å². The molecule has 104 valence electrons. The Bertz CT molecular complexity index is 604. The van der Waals surface area contributed by atoms with Crippen LogP contribution in [-0.4, -0.2) is 11.2 Å². The van der Waals surface area contributed by atoms with Crippen molar-refractivity contribution in [1.82, 2.24) is 4.98 Å². The molecule has 0 aliphatic heterocycles. The summed E-state index contributed by atoms with van der Waals surface area (Å²) in [5.41, 5.74) is 3.79. The van der Waals surface area contributed by atoms with E-state index >= 15 is 0 Å². The topological polar surface area (TPSA) is 37.3 Å². The van der Waals surface area contributed by atoms with E-state index in [1.807, 2.05) is 31.2 Å². The first-order valence-electron chi connectivity index (χ1n) is 5.84. The molecule has 1 aromatic heterocycles. The summed E-state index contributed by atoms with van der Waals surface area (Å²) in [6, 6.07) is 9.85. The third-order valence-electron chi connectivity index (χ3n) is 2.53. The van der Waals surface area contributed by atoms with Gasteiger partial charge in [-0.1, -0.05) is 29.8 Å². The van der Waals surface area contributed by atoms with Gasteiger partial charge in [0.2, 0.25) is 0 Å². The highest BCUT2D eigenvalue weighted by Crippen LogP contribution is 2.28. The summed E-state index contributed by atoms with van der Waals surface area (Å²) in [4.78, 5) is 3.65. The van der Waals surface area contributed by atoms with Gasteiger partial charge in [0, 0.05) is 6.20 Å². The van der Waals surface area contributed by atoms with Crippen molar-refractivity contribution in [2.45, 2.75) is 13.1 Å². The zero-order chi connectivity index (χ0) is 14.6. The number of pyridine rings is 1. The molecule has 0 bridgehead atoms. The summed E-state index contributed by atoms with van der Waals surface area (Å²) in [5, 5.41) is 3.93. The van der Waals surface area contributed by atoms with Crippen LogP contribution in [0.4, 0.5) is 19.0 Å². The van der Waals surface area contributed by atoms with Gasteiger partial charge in [0.1, 0.15) is 5.82 Å². The Morgan fingerprint density at radius 1 is 1.20 bits per heavy atom. The summed E-state index contributed by atoms with van der Waals surface area (Å²) < 4.78 is 37.0. The quantitative estimate of drug-likeness (QED) is 0.684. The van der Waals surface area contributed by atoms with E-state index < -0.39 is 11.7 Å². The molecule has 0 aliphatic carbocycles. The smallest absolute Gasteiger partial charge is 0.261 e. The third kappa shape index (κ3) is 3.81. The molecule has 0 amide bonds. The van der Waals surface area contributed by atoms with E-state index in [9.17, 15) is 13.2 Å². The monoisotopic (exact) mass is 279 g/mol. The molecular formula is C14H12F3N3. The third-order valence-corrected chi connectivity index (χ3v) is 2.53. The average molecular weight is 279 g/mol. The minimum Gasteiger partial charge on any atom is -0.261 e. The highest BCUT2D eigenvalue weighted by molar-refractivity contribution is 5.80. The van der Waals surface area contributed by atoms with Crippen molar-refractivity contribution >= 4 is 12.0 Å². The lowest BCUT2D eigenvalue weighted by atomic mass is 10.2. The largest absolute Gasteiger partial charge is 0.417 e. The molecule has 0 radical (unpaired) electrons. The molecular weight excluding hydrogens is 267 g/mol. The Morgan fingerprint density at radius 2 is 2.00 bits per heavy atom. The Balaban J connectivity index is 2.01. The van der Waals surface area contributed by atoms with Crippen LogP contribution in [0.1, 0.15) is 16.7 Å². The van der Waals surface area contributed by atoms with Crippen molar-refractivity contribution in [2.24, 2.45) is 5.10 Å².